The third-order valence-electron chi connectivity index (χ3n) is 9.48. The molecule has 270 valence electrons. The van der Waals surface area contributed by atoms with Crippen LogP contribution >= 0.6 is 23.2 Å². The molecule has 12 heteroatoms. The normalized spacial score (nSPS) is 14.3. The predicted octanol–water partition coefficient (Wildman–Crippen LogP) is -0.402. The number of amides is 2. The van der Waals surface area contributed by atoms with E-state index >= 15 is 0 Å². The van der Waals surface area contributed by atoms with Crippen LogP contribution in [-0.4, -0.2) is 74.0 Å². The zero-order valence-electron chi connectivity index (χ0n) is 28.6. The average molecular weight is 868 g/mol. The largest absolute Gasteiger partial charge is 1.00 e. The maximum atomic E-state index is 13.4. The van der Waals surface area contributed by atoms with Crippen LogP contribution in [0.15, 0.2) is 122 Å². The van der Waals surface area contributed by atoms with Gasteiger partial charge in [-0.25, -0.2) is 0 Å². The van der Waals surface area contributed by atoms with E-state index in [2.05, 4.69) is 43.2 Å². The van der Waals surface area contributed by atoms with Crippen LogP contribution < -0.4 is 52.9 Å². The Morgan fingerprint density at radius 3 is 1.23 bits per heavy atom. The molecule has 2 aliphatic heterocycles. The molecular weight excluding hydrogens is 827 g/mol. The van der Waals surface area contributed by atoms with E-state index in [-0.39, 0.29) is 45.8 Å². The number of hydrogen-bond donors (Lipinski definition) is 0. The molecule has 7 rings (SSSR count). The van der Waals surface area contributed by atoms with Gasteiger partial charge >= 0.3 is 0 Å². The van der Waals surface area contributed by atoms with Crippen molar-refractivity contribution in [3.8, 4) is 0 Å². The summed E-state index contributed by atoms with van der Waals surface area (Å²) < 4.78 is 4.11. The van der Waals surface area contributed by atoms with Crippen LogP contribution in [0.1, 0.15) is 31.8 Å². The van der Waals surface area contributed by atoms with Crippen molar-refractivity contribution in [2.24, 2.45) is 0 Å². The molecule has 0 aliphatic carbocycles. The number of para-hydroxylation sites is 2. The number of benzene rings is 3. The van der Waals surface area contributed by atoms with Gasteiger partial charge in [0.1, 0.15) is 11.1 Å². The number of halogens is 4. The van der Waals surface area contributed by atoms with E-state index in [0.29, 0.717) is 50.4 Å². The molecule has 2 amide bonds. The molecule has 8 nitrogen and oxygen atoms in total. The predicted molar refractivity (Wildman–Crippen MR) is 197 cm³/mol. The molecule has 2 aliphatic rings. The summed E-state index contributed by atoms with van der Waals surface area (Å²) in [5, 5.41) is 1.47. The second-order valence-electron chi connectivity index (χ2n) is 12.8. The van der Waals surface area contributed by atoms with Gasteiger partial charge in [-0.3, -0.25) is 9.59 Å². The highest BCUT2D eigenvalue weighted by Gasteiger charge is 2.26. The number of rotatable bonds is 8. The quantitative estimate of drug-likeness (QED) is 0.200. The number of hydrogen-bond acceptors (Lipinski definition) is 4. The molecule has 2 fully saturated rings. The van der Waals surface area contributed by atoms with Crippen molar-refractivity contribution in [3.63, 3.8) is 0 Å². The monoisotopic (exact) mass is 864 g/mol. The topological polar surface area (TPSA) is 54.9 Å². The lowest BCUT2D eigenvalue weighted by Crippen LogP contribution is -3.00. The summed E-state index contributed by atoms with van der Waals surface area (Å²) in [6.07, 6.45) is 7.86. The molecule has 5 aromatic rings. The van der Waals surface area contributed by atoms with Crippen LogP contribution in [0.4, 0.5) is 11.4 Å². The molecule has 52 heavy (non-hydrogen) atoms. The van der Waals surface area contributed by atoms with Gasteiger partial charge in [0, 0.05) is 75.6 Å². The summed E-state index contributed by atoms with van der Waals surface area (Å²) in [5.74, 6) is 0.0937. The third-order valence-corrected chi connectivity index (χ3v) is 10.1. The first-order chi connectivity index (χ1) is 24.4. The molecule has 0 atom stereocenters. The lowest BCUT2D eigenvalue weighted by Gasteiger charge is -2.36. The van der Waals surface area contributed by atoms with Crippen LogP contribution in [0.5, 0.6) is 0 Å². The molecule has 0 spiro atoms. The van der Waals surface area contributed by atoms with Crippen LogP contribution in [-0.2, 0) is 13.1 Å². The standard InChI is InChI=1S/C40H40Cl2N6O2.2BrH/c41-35-9-1-3-11-37(35)45-19-23-47(24-20-45)39(49)33-7-5-17-43(29-33)27-31-13-15-32(16-14-31)28-44-18-6-8-34(30-44)40(50)48-25-21-46(22-26-48)38-12-4-2-10-36(38)42;;/h1-18,29-30H,19-28H2;2*1H/q+2;;/p-2. The summed E-state index contributed by atoms with van der Waals surface area (Å²) in [6.45, 7) is 6.89. The lowest BCUT2D eigenvalue weighted by molar-refractivity contribution is -0.689. The summed E-state index contributed by atoms with van der Waals surface area (Å²) in [4.78, 5) is 35.1. The molecule has 2 saturated heterocycles. The Balaban J connectivity index is 0.00000261. The van der Waals surface area contributed by atoms with E-state index < -0.39 is 0 Å². The minimum absolute atomic E-state index is 0. The first kappa shape index (κ1) is 39.3. The van der Waals surface area contributed by atoms with E-state index in [1.807, 2.05) is 107 Å². The molecular formula is C40H40Br2Cl2N6O2. The van der Waals surface area contributed by atoms with Gasteiger partial charge in [0.25, 0.3) is 11.8 Å². The molecule has 0 radical (unpaired) electrons. The number of pyridine rings is 2. The maximum absolute atomic E-state index is 13.4. The van der Waals surface area contributed by atoms with Crippen molar-refractivity contribution in [2.45, 2.75) is 13.1 Å². The SMILES string of the molecule is O=C(c1ccc[n+](Cc2ccc(C[n+]3cccc(C(=O)N4CCN(c5ccccc5Cl)CC4)c3)cc2)c1)N1CCN(c2ccccc2Cl)CC1.[Br-].[Br-]. The number of carbonyl (C=O) groups excluding carboxylic acids is 2. The van der Waals surface area contributed by atoms with Crippen molar-refractivity contribution in [3.05, 3.63) is 154 Å². The van der Waals surface area contributed by atoms with Gasteiger partial charge in [-0.1, -0.05) is 71.7 Å². The summed E-state index contributed by atoms with van der Waals surface area (Å²) in [7, 11) is 0. The number of anilines is 2. The number of nitrogens with zero attached hydrogens (tertiary/aromatic N) is 6. The van der Waals surface area contributed by atoms with Gasteiger partial charge < -0.3 is 53.6 Å². The molecule has 0 bridgehead atoms. The van der Waals surface area contributed by atoms with E-state index in [0.717, 1.165) is 58.7 Å². The Kier molecular flexibility index (Phi) is 13.7. The van der Waals surface area contributed by atoms with Crippen LogP contribution in [0.2, 0.25) is 10.0 Å². The molecule has 0 saturated carbocycles. The van der Waals surface area contributed by atoms with Crippen molar-refractivity contribution in [1.82, 2.24) is 9.80 Å². The molecule has 4 heterocycles. The highest BCUT2D eigenvalue weighted by atomic mass is 79.9. The van der Waals surface area contributed by atoms with Gasteiger partial charge in [0.2, 0.25) is 0 Å². The summed E-state index contributed by atoms with van der Waals surface area (Å²) >= 11 is 12.8. The van der Waals surface area contributed by atoms with E-state index in [9.17, 15) is 9.59 Å². The van der Waals surface area contributed by atoms with Crippen molar-refractivity contribution in [1.29, 1.82) is 0 Å². The average Bonchev–Trinajstić information content (AvgIpc) is 3.16. The minimum atomic E-state index is 0. The molecule has 0 N–H and O–H groups in total. The second kappa shape index (κ2) is 18.2. The fraction of sp³-hybridized carbons (Fsp3) is 0.250. The summed E-state index contributed by atoms with van der Waals surface area (Å²) in [6, 6.07) is 31.8. The first-order valence-electron chi connectivity index (χ1n) is 17.0. The number of aromatic nitrogens is 2. The molecule has 2 aromatic heterocycles. The Morgan fingerprint density at radius 1 is 0.500 bits per heavy atom. The van der Waals surface area contributed by atoms with Gasteiger partial charge in [-0.05, 0) is 36.4 Å². The third kappa shape index (κ3) is 9.33. The first-order valence-corrected chi connectivity index (χ1v) is 17.8. The highest BCUT2D eigenvalue weighted by molar-refractivity contribution is 6.33. The van der Waals surface area contributed by atoms with Crippen molar-refractivity contribution >= 4 is 46.4 Å². The van der Waals surface area contributed by atoms with Crippen LogP contribution in [0.25, 0.3) is 0 Å². The Labute approximate surface area is 336 Å². The van der Waals surface area contributed by atoms with Gasteiger partial charge in [-0.15, -0.1) is 0 Å². The Morgan fingerprint density at radius 2 is 0.865 bits per heavy atom. The van der Waals surface area contributed by atoms with E-state index in [4.69, 9.17) is 23.2 Å². The fourth-order valence-electron chi connectivity index (χ4n) is 6.75. The smallest absolute Gasteiger partial charge is 0.260 e. The number of piperazine rings is 2. The van der Waals surface area contributed by atoms with Gasteiger partial charge in [0.15, 0.2) is 37.9 Å². The van der Waals surface area contributed by atoms with E-state index in [1.165, 1.54) is 0 Å². The van der Waals surface area contributed by atoms with E-state index in [1.54, 1.807) is 0 Å². The lowest BCUT2D eigenvalue weighted by atomic mass is 10.1. The zero-order chi connectivity index (χ0) is 34.5. The highest BCUT2D eigenvalue weighted by Crippen LogP contribution is 2.27. The zero-order valence-corrected chi connectivity index (χ0v) is 33.3. The van der Waals surface area contributed by atoms with Crippen LogP contribution in [0, 0.1) is 0 Å². The van der Waals surface area contributed by atoms with Crippen LogP contribution in [0.3, 0.4) is 0 Å². The Hall–Kier alpha value is -3.96. The van der Waals surface area contributed by atoms with Gasteiger partial charge in [0.05, 0.1) is 21.4 Å². The minimum Gasteiger partial charge on any atom is -1.00 e. The molecule has 3 aromatic carbocycles. The van der Waals surface area contributed by atoms with Crippen molar-refractivity contribution in [2.75, 3.05) is 62.2 Å². The maximum Gasteiger partial charge on any atom is 0.260 e. The second-order valence-corrected chi connectivity index (χ2v) is 13.6. The molecule has 0 unspecified atom stereocenters. The van der Waals surface area contributed by atoms with Crippen molar-refractivity contribution < 1.29 is 52.7 Å². The number of carbonyl (C=O) groups is 2. The Bertz CT molecular complexity index is 1840. The van der Waals surface area contributed by atoms with Gasteiger partial charge in [-0.2, -0.15) is 9.13 Å². The summed E-state index contributed by atoms with van der Waals surface area (Å²) in [5.41, 5.74) is 5.68. The fourth-order valence-corrected chi connectivity index (χ4v) is 7.26.